The standard InChI is InChI=1S/C9H5BrCl2F3N3O2S2/c1-18-6(11)4(5(17-18)9(13,14)15)7(12)22(19,20)8-16-2-3(10)21-8/h2,7H,1H3. The molecule has 0 aliphatic heterocycles. The van der Waals surface area contributed by atoms with Gasteiger partial charge in [-0.05, 0) is 15.9 Å². The predicted molar refractivity (Wildman–Crippen MR) is 78.8 cm³/mol. The summed E-state index contributed by atoms with van der Waals surface area (Å²) in [7, 11) is -3.21. The molecular weight excluding hydrogens is 454 g/mol. The van der Waals surface area contributed by atoms with E-state index >= 15 is 0 Å². The van der Waals surface area contributed by atoms with Crippen LogP contribution in [0.5, 0.6) is 0 Å². The highest BCUT2D eigenvalue weighted by atomic mass is 79.9. The third-order valence-corrected chi connectivity index (χ3v) is 7.44. The molecule has 1 atom stereocenters. The van der Waals surface area contributed by atoms with Crippen molar-refractivity contribution in [3.63, 3.8) is 0 Å². The molecule has 0 N–H and O–H groups in total. The predicted octanol–water partition coefficient (Wildman–Crippen LogP) is 4.02. The first-order valence-corrected chi connectivity index (χ1v) is 9.22. The lowest BCUT2D eigenvalue weighted by Gasteiger charge is -2.11. The van der Waals surface area contributed by atoms with Crippen LogP contribution in [0.2, 0.25) is 5.15 Å². The Labute approximate surface area is 145 Å². The Hall–Kier alpha value is -0.360. The summed E-state index contributed by atoms with van der Waals surface area (Å²) in [6.07, 6.45) is -3.69. The third kappa shape index (κ3) is 3.14. The number of sulfone groups is 1. The number of aryl methyl sites for hydroxylation is 1. The van der Waals surface area contributed by atoms with E-state index in [4.69, 9.17) is 23.2 Å². The van der Waals surface area contributed by atoms with Gasteiger partial charge in [-0.2, -0.15) is 18.3 Å². The average Bonchev–Trinajstić information content (AvgIpc) is 2.94. The van der Waals surface area contributed by atoms with Gasteiger partial charge in [0.05, 0.1) is 15.5 Å². The number of aromatic nitrogens is 3. The molecule has 2 aromatic heterocycles. The maximum Gasteiger partial charge on any atom is 0.435 e. The lowest BCUT2D eigenvalue weighted by Crippen LogP contribution is -2.15. The van der Waals surface area contributed by atoms with Crippen LogP contribution in [-0.4, -0.2) is 23.2 Å². The second kappa shape index (κ2) is 5.93. The van der Waals surface area contributed by atoms with E-state index in [0.717, 1.165) is 18.4 Å². The number of thiazole rings is 1. The first-order chi connectivity index (χ1) is 9.96. The highest BCUT2D eigenvalue weighted by Crippen LogP contribution is 2.44. The lowest BCUT2D eigenvalue weighted by atomic mass is 10.3. The van der Waals surface area contributed by atoms with Crippen molar-refractivity contribution in [1.29, 1.82) is 0 Å². The van der Waals surface area contributed by atoms with E-state index in [9.17, 15) is 21.6 Å². The minimum atomic E-state index is -4.90. The maximum atomic E-state index is 13.0. The molecule has 13 heteroatoms. The molecule has 2 aromatic rings. The number of hydrogen-bond acceptors (Lipinski definition) is 5. The fourth-order valence-corrected chi connectivity index (χ4v) is 5.71. The number of rotatable bonds is 3. The third-order valence-electron chi connectivity index (χ3n) is 2.48. The van der Waals surface area contributed by atoms with Gasteiger partial charge in [-0.15, -0.1) is 0 Å². The summed E-state index contributed by atoms with van der Waals surface area (Å²) >= 11 is 15.3. The van der Waals surface area contributed by atoms with Crippen LogP contribution < -0.4 is 0 Å². The monoisotopic (exact) mass is 457 g/mol. The number of hydrogen-bond donors (Lipinski definition) is 0. The van der Waals surface area contributed by atoms with Gasteiger partial charge < -0.3 is 0 Å². The van der Waals surface area contributed by atoms with Crippen molar-refractivity contribution < 1.29 is 21.6 Å². The van der Waals surface area contributed by atoms with Crippen LogP contribution in [0, 0.1) is 0 Å². The highest BCUT2D eigenvalue weighted by molar-refractivity contribution is 9.11. The largest absolute Gasteiger partial charge is 0.435 e. The van der Waals surface area contributed by atoms with Gasteiger partial charge in [-0.25, -0.2) is 13.4 Å². The Morgan fingerprint density at radius 2 is 2.05 bits per heavy atom. The van der Waals surface area contributed by atoms with Crippen LogP contribution in [0.15, 0.2) is 14.3 Å². The van der Waals surface area contributed by atoms with Crippen molar-refractivity contribution in [2.45, 2.75) is 15.2 Å². The normalized spacial score (nSPS) is 14.3. The first kappa shape index (κ1) is 18.0. The molecule has 0 aliphatic carbocycles. The second-order valence-electron chi connectivity index (χ2n) is 3.97. The van der Waals surface area contributed by atoms with Crippen molar-refractivity contribution in [3.8, 4) is 0 Å². The van der Waals surface area contributed by atoms with Crippen molar-refractivity contribution in [2.75, 3.05) is 0 Å². The topological polar surface area (TPSA) is 64.8 Å². The van der Waals surface area contributed by atoms with Crippen LogP contribution in [0.25, 0.3) is 0 Å². The maximum absolute atomic E-state index is 13.0. The minimum Gasteiger partial charge on any atom is -0.256 e. The quantitative estimate of drug-likeness (QED) is 0.651. The molecule has 0 saturated heterocycles. The Bertz CT molecular complexity index is 819. The van der Waals surface area contributed by atoms with Gasteiger partial charge >= 0.3 is 6.18 Å². The highest BCUT2D eigenvalue weighted by Gasteiger charge is 2.44. The molecule has 0 saturated carbocycles. The number of nitrogens with zero attached hydrogens (tertiary/aromatic N) is 3. The van der Waals surface area contributed by atoms with Crippen molar-refractivity contribution >= 4 is 60.3 Å². The van der Waals surface area contributed by atoms with E-state index in [0.29, 0.717) is 8.47 Å². The zero-order valence-electron chi connectivity index (χ0n) is 10.4. The van der Waals surface area contributed by atoms with Gasteiger partial charge in [0.25, 0.3) is 0 Å². The van der Waals surface area contributed by atoms with E-state index < -0.39 is 41.5 Å². The number of alkyl halides is 4. The first-order valence-electron chi connectivity index (χ1n) is 5.25. The molecule has 0 spiro atoms. The Kier molecular flexibility index (Phi) is 4.85. The molecule has 2 heterocycles. The molecule has 0 aliphatic rings. The molecule has 1 unspecified atom stereocenters. The molecule has 122 valence electrons. The molecule has 5 nitrogen and oxygen atoms in total. The second-order valence-corrected chi connectivity index (χ2v) is 9.64. The van der Waals surface area contributed by atoms with Gasteiger partial charge in [0.1, 0.15) is 5.15 Å². The average molecular weight is 459 g/mol. The molecule has 0 bridgehead atoms. The van der Waals surface area contributed by atoms with Crippen molar-refractivity contribution in [1.82, 2.24) is 14.8 Å². The van der Waals surface area contributed by atoms with Crippen LogP contribution in [0.1, 0.15) is 16.0 Å². The van der Waals surface area contributed by atoms with E-state index in [1.807, 2.05) is 0 Å². The van der Waals surface area contributed by atoms with Gasteiger partial charge in [0, 0.05) is 7.05 Å². The Balaban J connectivity index is 2.61. The van der Waals surface area contributed by atoms with Gasteiger partial charge in [0.2, 0.25) is 14.2 Å². The SMILES string of the molecule is Cn1nc(C(F)(F)F)c(C(Cl)S(=O)(=O)c2ncc(Br)s2)c1Cl. The van der Waals surface area contributed by atoms with Crippen molar-refractivity contribution in [3.05, 3.63) is 26.4 Å². The van der Waals surface area contributed by atoms with Gasteiger partial charge in [-0.3, -0.25) is 4.68 Å². The summed E-state index contributed by atoms with van der Waals surface area (Å²) in [5.41, 5.74) is -2.26. The van der Waals surface area contributed by atoms with Crippen molar-refractivity contribution in [2.24, 2.45) is 7.05 Å². The summed E-state index contributed by atoms with van der Waals surface area (Å²) in [6.45, 7) is 0. The van der Waals surface area contributed by atoms with E-state index in [2.05, 4.69) is 26.0 Å². The Morgan fingerprint density at radius 1 is 1.45 bits per heavy atom. The molecular formula is C9H5BrCl2F3N3O2S2. The van der Waals surface area contributed by atoms with E-state index in [1.54, 1.807) is 0 Å². The van der Waals surface area contributed by atoms with Gasteiger partial charge in [0.15, 0.2) is 10.4 Å². The lowest BCUT2D eigenvalue weighted by molar-refractivity contribution is -0.142. The zero-order chi connectivity index (χ0) is 16.9. The zero-order valence-corrected chi connectivity index (χ0v) is 15.1. The van der Waals surface area contributed by atoms with Gasteiger partial charge in [-0.1, -0.05) is 34.5 Å². The summed E-state index contributed by atoms with van der Waals surface area (Å²) < 4.78 is 62.2. The molecule has 0 aromatic carbocycles. The van der Waals surface area contributed by atoms with E-state index in [-0.39, 0.29) is 0 Å². The molecule has 2 rings (SSSR count). The van der Waals surface area contributed by atoms with E-state index in [1.165, 1.54) is 6.20 Å². The summed E-state index contributed by atoms with van der Waals surface area (Å²) in [6, 6.07) is 0. The number of halogens is 6. The van der Waals surface area contributed by atoms with Crippen LogP contribution in [0.4, 0.5) is 13.2 Å². The molecule has 0 fully saturated rings. The summed E-state index contributed by atoms with van der Waals surface area (Å²) in [4.78, 5) is 3.61. The molecule has 0 radical (unpaired) electrons. The van der Waals surface area contributed by atoms with Crippen LogP contribution >= 0.6 is 50.5 Å². The fraction of sp³-hybridized carbons (Fsp3) is 0.333. The molecule has 22 heavy (non-hydrogen) atoms. The minimum absolute atomic E-state index is 0.392. The smallest absolute Gasteiger partial charge is 0.256 e. The molecule has 0 amide bonds. The summed E-state index contributed by atoms with van der Waals surface area (Å²) in [5, 5.41) is 2.69. The summed E-state index contributed by atoms with van der Waals surface area (Å²) in [5.74, 6) is 0. The van der Waals surface area contributed by atoms with Crippen LogP contribution in [-0.2, 0) is 23.1 Å². The van der Waals surface area contributed by atoms with Crippen LogP contribution in [0.3, 0.4) is 0 Å². The Morgan fingerprint density at radius 3 is 2.50 bits per heavy atom. The fourth-order valence-electron chi connectivity index (χ4n) is 1.55.